The largest absolute Gasteiger partial charge is 0.327 e. The SMILES string of the molecule is Cc1cccc(C2CC(N)C2(C)C)c1. The van der Waals surface area contributed by atoms with Gasteiger partial charge >= 0.3 is 0 Å². The summed E-state index contributed by atoms with van der Waals surface area (Å²) in [5.41, 5.74) is 9.10. The van der Waals surface area contributed by atoms with Crippen molar-refractivity contribution in [2.24, 2.45) is 11.1 Å². The number of benzene rings is 1. The lowest BCUT2D eigenvalue weighted by atomic mass is 9.56. The van der Waals surface area contributed by atoms with Crippen molar-refractivity contribution in [3.8, 4) is 0 Å². The van der Waals surface area contributed by atoms with Gasteiger partial charge in [0.1, 0.15) is 0 Å². The fourth-order valence-electron chi connectivity index (χ4n) is 2.41. The molecule has 1 heteroatoms. The fraction of sp³-hybridized carbons (Fsp3) is 0.538. The lowest BCUT2D eigenvalue weighted by Gasteiger charge is -2.50. The summed E-state index contributed by atoms with van der Waals surface area (Å²) in [7, 11) is 0. The number of nitrogens with two attached hydrogens (primary N) is 1. The van der Waals surface area contributed by atoms with Gasteiger partial charge in [-0.15, -0.1) is 0 Å². The van der Waals surface area contributed by atoms with Crippen molar-refractivity contribution in [1.29, 1.82) is 0 Å². The van der Waals surface area contributed by atoms with E-state index < -0.39 is 0 Å². The van der Waals surface area contributed by atoms with Crippen molar-refractivity contribution in [2.45, 2.75) is 39.2 Å². The molecule has 0 spiro atoms. The highest BCUT2D eigenvalue weighted by Gasteiger charge is 2.46. The monoisotopic (exact) mass is 189 g/mol. The average Bonchev–Trinajstić information content (AvgIpc) is 2.14. The third kappa shape index (κ3) is 1.36. The van der Waals surface area contributed by atoms with Crippen molar-refractivity contribution in [3.05, 3.63) is 35.4 Å². The number of hydrogen-bond donors (Lipinski definition) is 1. The van der Waals surface area contributed by atoms with Gasteiger partial charge in [-0.05, 0) is 30.2 Å². The van der Waals surface area contributed by atoms with Crippen LogP contribution < -0.4 is 5.73 Å². The first-order valence-corrected chi connectivity index (χ1v) is 5.34. The van der Waals surface area contributed by atoms with Crippen molar-refractivity contribution >= 4 is 0 Å². The van der Waals surface area contributed by atoms with Crippen LogP contribution in [-0.4, -0.2) is 6.04 Å². The average molecular weight is 189 g/mol. The van der Waals surface area contributed by atoms with Gasteiger partial charge in [-0.3, -0.25) is 0 Å². The zero-order valence-electron chi connectivity index (χ0n) is 9.25. The molecule has 76 valence electrons. The van der Waals surface area contributed by atoms with Gasteiger partial charge in [0.25, 0.3) is 0 Å². The third-order valence-electron chi connectivity index (χ3n) is 3.79. The number of rotatable bonds is 1. The van der Waals surface area contributed by atoms with E-state index in [1.165, 1.54) is 11.1 Å². The van der Waals surface area contributed by atoms with Crippen molar-refractivity contribution in [1.82, 2.24) is 0 Å². The second-order valence-corrected chi connectivity index (χ2v) is 5.13. The second-order valence-electron chi connectivity index (χ2n) is 5.13. The van der Waals surface area contributed by atoms with Gasteiger partial charge in [-0.2, -0.15) is 0 Å². The highest BCUT2D eigenvalue weighted by molar-refractivity contribution is 5.30. The van der Waals surface area contributed by atoms with E-state index in [4.69, 9.17) is 5.73 Å². The molecule has 1 fully saturated rings. The minimum absolute atomic E-state index is 0.272. The van der Waals surface area contributed by atoms with Crippen LogP contribution >= 0.6 is 0 Å². The van der Waals surface area contributed by atoms with Crippen molar-refractivity contribution in [3.63, 3.8) is 0 Å². The Labute approximate surface area is 86.3 Å². The normalized spacial score (nSPS) is 29.7. The van der Waals surface area contributed by atoms with Crippen molar-refractivity contribution in [2.75, 3.05) is 0 Å². The highest BCUT2D eigenvalue weighted by Crippen LogP contribution is 2.51. The first kappa shape index (κ1) is 9.72. The molecule has 2 unspecified atom stereocenters. The van der Waals surface area contributed by atoms with Crippen LogP contribution in [0.4, 0.5) is 0 Å². The maximum atomic E-state index is 6.02. The lowest BCUT2D eigenvalue weighted by molar-refractivity contribution is 0.0984. The Bertz CT molecular complexity index is 341. The third-order valence-corrected chi connectivity index (χ3v) is 3.79. The molecule has 0 bridgehead atoms. The number of hydrogen-bond acceptors (Lipinski definition) is 1. The zero-order valence-corrected chi connectivity index (χ0v) is 9.25. The van der Waals surface area contributed by atoms with Crippen LogP contribution in [-0.2, 0) is 0 Å². The minimum atomic E-state index is 0.272. The summed E-state index contributed by atoms with van der Waals surface area (Å²) < 4.78 is 0. The smallest absolute Gasteiger partial charge is 0.0102 e. The summed E-state index contributed by atoms with van der Waals surface area (Å²) in [6.45, 7) is 6.69. The van der Waals surface area contributed by atoms with E-state index in [1.807, 2.05) is 0 Å². The Kier molecular flexibility index (Phi) is 2.15. The highest BCUT2D eigenvalue weighted by atomic mass is 14.8. The molecule has 0 aromatic heterocycles. The summed E-state index contributed by atoms with van der Waals surface area (Å²) in [5, 5.41) is 0. The van der Waals surface area contributed by atoms with E-state index in [0.29, 0.717) is 12.0 Å². The Hall–Kier alpha value is -0.820. The molecular formula is C13H19N. The summed E-state index contributed by atoms with van der Waals surface area (Å²) >= 11 is 0. The Balaban J connectivity index is 2.26. The van der Waals surface area contributed by atoms with E-state index in [0.717, 1.165) is 6.42 Å². The molecule has 1 aliphatic rings. The van der Waals surface area contributed by atoms with Gasteiger partial charge < -0.3 is 5.73 Å². The predicted octanol–water partition coefficient (Wildman–Crippen LogP) is 2.84. The Morgan fingerprint density at radius 2 is 2.07 bits per heavy atom. The van der Waals surface area contributed by atoms with Gasteiger partial charge in [-0.1, -0.05) is 43.7 Å². The molecule has 0 amide bonds. The standard InChI is InChI=1S/C13H19N/c1-9-5-4-6-10(7-9)11-8-12(14)13(11,2)3/h4-7,11-12H,8,14H2,1-3H3. The maximum absolute atomic E-state index is 6.02. The topological polar surface area (TPSA) is 26.0 Å². The molecule has 1 aromatic carbocycles. The molecule has 0 radical (unpaired) electrons. The summed E-state index contributed by atoms with van der Waals surface area (Å²) in [4.78, 5) is 0. The summed E-state index contributed by atoms with van der Waals surface area (Å²) in [6.07, 6.45) is 1.14. The minimum Gasteiger partial charge on any atom is -0.327 e. The van der Waals surface area contributed by atoms with Gasteiger partial charge in [0, 0.05) is 6.04 Å². The maximum Gasteiger partial charge on any atom is 0.0102 e. The van der Waals surface area contributed by atoms with Gasteiger partial charge in [0.05, 0.1) is 0 Å². The summed E-state index contributed by atoms with van der Waals surface area (Å²) in [5.74, 6) is 0.650. The molecule has 1 aliphatic carbocycles. The van der Waals surface area contributed by atoms with E-state index in [-0.39, 0.29) is 5.41 Å². The van der Waals surface area contributed by atoms with Crippen LogP contribution in [0, 0.1) is 12.3 Å². The van der Waals surface area contributed by atoms with Gasteiger partial charge in [0.2, 0.25) is 0 Å². The predicted molar refractivity (Wildman–Crippen MR) is 60.3 cm³/mol. The Morgan fingerprint density at radius 3 is 2.57 bits per heavy atom. The van der Waals surface area contributed by atoms with Crippen LogP contribution in [0.15, 0.2) is 24.3 Å². The molecule has 0 heterocycles. The van der Waals surface area contributed by atoms with Crippen LogP contribution in [0.5, 0.6) is 0 Å². The first-order chi connectivity index (χ1) is 6.51. The van der Waals surface area contributed by atoms with Crippen LogP contribution in [0.1, 0.15) is 37.3 Å². The molecule has 14 heavy (non-hydrogen) atoms. The molecule has 2 N–H and O–H groups in total. The van der Waals surface area contributed by atoms with Gasteiger partial charge in [-0.25, -0.2) is 0 Å². The molecule has 1 aromatic rings. The molecular weight excluding hydrogens is 170 g/mol. The summed E-state index contributed by atoms with van der Waals surface area (Å²) in [6, 6.07) is 9.18. The first-order valence-electron chi connectivity index (χ1n) is 5.34. The Morgan fingerprint density at radius 1 is 1.36 bits per heavy atom. The van der Waals surface area contributed by atoms with Crippen LogP contribution in [0.25, 0.3) is 0 Å². The van der Waals surface area contributed by atoms with E-state index in [2.05, 4.69) is 45.0 Å². The lowest BCUT2D eigenvalue weighted by Crippen LogP contribution is -2.52. The number of aryl methyl sites for hydroxylation is 1. The fourth-order valence-corrected chi connectivity index (χ4v) is 2.41. The zero-order chi connectivity index (χ0) is 10.3. The van der Waals surface area contributed by atoms with Crippen molar-refractivity contribution < 1.29 is 0 Å². The molecule has 0 saturated heterocycles. The molecule has 1 nitrogen and oxygen atoms in total. The van der Waals surface area contributed by atoms with Crippen LogP contribution in [0.2, 0.25) is 0 Å². The molecule has 2 rings (SSSR count). The quantitative estimate of drug-likeness (QED) is 0.722. The van der Waals surface area contributed by atoms with Gasteiger partial charge in [0.15, 0.2) is 0 Å². The molecule has 1 saturated carbocycles. The van der Waals surface area contributed by atoms with E-state index >= 15 is 0 Å². The van der Waals surface area contributed by atoms with E-state index in [9.17, 15) is 0 Å². The molecule has 0 aliphatic heterocycles. The van der Waals surface area contributed by atoms with E-state index in [1.54, 1.807) is 0 Å². The van der Waals surface area contributed by atoms with Crippen LogP contribution in [0.3, 0.4) is 0 Å². The molecule has 2 atom stereocenters. The second kappa shape index (κ2) is 3.09.